The molecule has 4 aliphatic rings. The molecule has 3 amide bonds. The van der Waals surface area contributed by atoms with E-state index in [1.54, 1.807) is 4.90 Å². The fourth-order valence-corrected chi connectivity index (χ4v) is 6.78. The Hall–Kier alpha value is -3.98. The first kappa shape index (κ1) is 24.1. The third kappa shape index (κ3) is 3.95. The van der Waals surface area contributed by atoms with E-state index in [1.165, 1.54) is 16.7 Å². The maximum absolute atomic E-state index is 13.2. The number of fused-ring (bicyclic) bond motifs is 4. The summed E-state index contributed by atoms with van der Waals surface area (Å²) in [5.41, 5.74) is 6.21. The monoisotopic (exact) mass is 525 g/mol. The number of aromatic nitrogens is 2. The van der Waals surface area contributed by atoms with Gasteiger partial charge in [-0.25, -0.2) is 0 Å². The van der Waals surface area contributed by atoms with Crippen molar-refractivity contribution in [1.82, 2.24) is 24.9 Å². The predicted molar refractivity (Wildman–Crippen MR) is 143 cm³/mol. The van der Waals surface area contributed by atoms with Crippen LogP contribution in [0.25, 0.3) is 11.3 Å². The first-order valence-corrected chi connectivity index (χ1v) is 13.7. The largest absolute Gasteiger partial charge is 0.492 e. The number of benzene rings is 2. The lowest BCUT2D eigenvalue weighted by molar-refractivity contribution is -0.136. The highest BCUT2D eigenvalue weighted by molar-refractivity contribution is 6.05. The number of imide groups is 1. The minimum absolute atomic E-state index is 0.0531. The van der Waals surface area contributed by atoms with Crippen LogP contribution in [0.1, 0.15) is 52.7 Å². The van der Waals surface area contributed by atoms with Gasteiger partial charge < -0.3 is 9.64 Å². The van der Waals surface area contributed by atoms with Gasteiger partial charge in [-0.3, -0.25) is 29.3 Å². The van der Waals surface area contributed by atoms with Gasteiger partial charge in [-0.1, -0.05) is 24.3 Å². The van der Waals surface area contributed by atoms with Crippen molar-refractivity contribution in [2.45, 2.75) is 50.2 Å². The van der Waals surface area contributed by atoms with Crippen molar-refractivity contribution in [2.24, 2.45) is 7.05 Å². The van der Waals surface area contributed by atoms with E-state index in [1.807, 2.05) is 30.1 Å². The van der Waals surface area contributed by atoms with Crippen LogP contribution < -0.4 is 10.1 Å². The molecule has 200 valence electrons. The van der Waals surface area contributed by atoms with Gasteiger partial charge in [-0.05, 0) is 56.1 Å². The number of rotatable bonds is 4. The van der Waals surface area contributed by atoms with Gasteiger partial charge in [0.05, 0.1) is 18.8 Å². The zero-order valence-corrected chi connectivity index (χ0v) is 22.0. The van der Waals surface area contributed by atoms with E-state index in [4.69, 9.17) is 4.74 Å². The lowest BCUT2D eigenvalue weighted by Crippen LogP contribution is -2.52. The molecule has 2 aromatic carbocycles. The van der Waals surface area contributed by atoms with Crippen molar-refractivity contribution in [2.75, 3.05) is 19.7 Å². The van der Waals surface area contributed by atoms with Gasteiger partial charge in [-0.2, -0.15) is 5.10 Å². The van der Waals surface area contributed by atoms with Crippen molar-refractivity contribution in [3.8, 4) is 17.0 Å². The molecule has 3 aromatic rings. The van der Waals surface area contributed by atoms with Crippen LogP contribution in [0.15, 0.2) is 48.7 Å². The lowest BCUT2D eigenvalue weighted by Gasteiger charge is -2.38. The number of carbonyl (C=O) groups is 3. The molecular formula is C30H31N5O4. The molecule has 1 N–H and O–H groups in total. The summed E-state index contributed by atoms with van der Waals surface area (Å²) in [5.74, 6) is 0.00157. The van der Waals surface area contributed by atoms with Gasteiger partial charge in [0, 0.05) is 53.9 Å². The molecule has 1 unspecified atom stereocenters. The summed E-state index contributed by atoms with van der Waals surface area (Å²) in [7, 11) is 1.96. The summed E-state index contributed by atoms with van der Waals surface area (Å²) in [5, 5.41) is 6.68. The van der Waals surface area contributed by atoms with E-state index < -0.39 is 6.04 Å². The van der Waals surface area contributed by atoms with Crippen LogP contribution in [-0.4, -0.2) is 63.0 Å². The molecule has 1 spiro atoms. The van der Waals surface area contributed by atoms with Crippen molar-refractivity contribution < 1.29 is 19.1 Å². The Morgan fingerprint density at radius 3 is 2.72 bits per heavy atom. The van der Waals surface area contributed by atoms with E-state index >= 15 is 0 Å². The first-order valence-electron chi connectivity index (χ1n) is 13.7. The van der Waals surface area contributed by atoms with Crippen LogP contribution >= 0.6 is 0 Å². The number of hydrogen-bond acceptors (Lipinski definition) is 6. The molecule has 0 radical (unpaired) electrons. The van der Waals surface area contributed by atoms with Gasteiger partial charge in [-0.15, -0.1) is 0 Å². The molecule has 5 heterocycles. The van der Waals surface area contributed by atoms with Crippen LogP contribution in [0.3, 0.4) is 0 Å². The van der Waals surface area contributed by atoms with Crippen LogP contribution in [0, 0.1) is 0 Å². The molecule has 0 aliphatic carbocycles. The van der Waals surface area contributed by atoms with Crippen LogP contribution in [0.2, 0.25) is 0 Å². The van der Waals surface area contributed by atoms with Gasteiger partial charge in [0.15, 0.2) is 0 Å². The molecule has 39 heavy (non-hydrogen) atoms. The number of piperidine rings is 2. The second-order valence-electron chi connectivity index (χ2n) is 11.3. The Morgan fingerprint density at radius 1 is 1.10 bits per heavy atom. The standard InChI is InChI=1S/C30H31N5O4/c1-33-24(9-12-31-33)20-4-2-3-19(15-20)16-34-13-10-30(11-14-34)18-39-27-22-17-35(25-7-8-26(36)32-28(25)37)29(38)21(22)5-6-23(27)30/h2-6,9,12,15,25H,7-8,10-11,13-14,16-18H2,1H3,(H,32,36,37). The SMILES string of the molecule is Cn1nccc1-c1cccc(CN2CCC3(CC2)COc2c3ccc3c2CN(C2CCC(=O)NC2=O)C3=O)c1. The number of aryl methyl sites for hydroxylation is 1. The molecule has 1 aromatic heterocycles. The summed E-state index contributed by atoms with van der Waals surface area (Å²) in [6, 6.07) is 14.1. The van der Waals surface area contributed by atoms with Gasteiger partial charge >= 0.3 is 0 Å². The van der Waals surface area contributed by atoms with Crippen molar-refractivity contribution in [3.63, 3.8) is 0 Å². The highest BCUT2D eigenvalue weighted by atomic mass is 16.5. The van der Waals surface area contributed by atoms with E-state index in [-0.39, 0.29) is 29.6 Å². The second kappa shape index (κ2) is 9.05. The molecule has 7 rings (SSSR count). The summed E-state index contributed by atoms with van der Waals surface area (Å²) in [4.78, 5) is 41.4. The molecule has 1 atom stereocenters. The summed E-state index contributed by atoms with van der Waals surface area (Å²) >= 11 is 0. The minimum Gasteiger partial charge on any atom is -0.492 e. The first-order chi connectivity index (χ1) is 18.9. The fourth-order valence-electron chi connectivity index (χ4n) is 6.78. The predicted octanol–water partition coefficient (Wildman–Crippen LogP) is 2.77. The number of ether oxygens (including phenoxy) is 1. The minimum atomic E-state index is -0.617. The quantitative estimate of drug-likeness (QED) is 0.527. The average molecular weight is 526 g/mol. The molecule has 0 saturated carbocycles. The average Bonchev–Trinajstić information content (AvgIpc) is 3.62. The van der Waals surface area contributed by atoms with Crippen molar-refractivity contribution in [3.05, 3.63) is 70.9 Å². The molecular weight excluding hydrogens is 494 g/mol. The smallest absolute Gasteiger partial charge is 0.255 e. The molecule has 2 saturated heterocycles. The zero-order valence-electron chi connectivity index (χ0n) is 22.0. The molecule has 4 aliphatic heterocycles. The maximum Gasteiger partial charge on any atom is 0.255 e. The number of hydrogen-bond donors (Lipinski definition) is 1. The lowest BCUT2D eigenvalue weighted by atomic mass is 9.74. The van der Waals surface area contributed by atoms with Crippen LogP contribution in [-0.2, 0) is 35.1 Å². The van der Waals surface area contributed by atoms with Gasteiger partial charge in [0.25, 0.3) is 5.91 Å². The number of nitrogens with one attached hydrogen (secondary N) is 1. The number of nitrogens with zero attached hydrogens (tertiary/aromatic N) is 4. The number of carbonyl (C=O) groups excluding carboxylic acids is 3. The van der Waals surface area contributed by atoms with E-state index in [9.17, 15) is 14.4 Å². The molecule has 0 bridgehead atoms. The number of amides is 3. The topological polar surface area (TPSA) is 96.8 Å². The van der Waals surface area contributed by atoms with Gasteiger partial charge in [0.2, 0.25) is 11.8 Å². The maximum atomic E-state index is 13.2. The normalized spacial score (nSPS) is 22.1. The van der Waals surface area contributed by atoms with E-state index in [0.717, 1.165) is 49.5 Å². The Kier molecular flexibility index (Phi) is 5.59. The summed E-state index contributed by atoms with van der Waals surface area (Å²) < 4.78 is 8.22. The fraction of sp³-hybridized carbons (Fsp3) is 0.400. The van der Waals surface area contributed by atoms with Crippen LogP contribution in [0.4, 0.5) is 0 Å². The number of likely N-dealkylation sites (tertiary alicyclic amines) is 1. The Morgan fingerprint density at radius 2 is 1.95 bits per heavy atom. The van der Waals surface area contributed by atoms with E-state index in [2.05, 4.69) is 45.6 Å². The summed E-state index contributed by atoms with van der Waals surface area (Å²) in [6.45, 7) is 3.80. The highest BCUT2D eigenvalue weighted by Crippen LogP contribution is 2.49. The molecule has 9 heteroatoms. The van der Waals surface area contributed by atoms with Crippen molar-refractivity contribution in [1.29, 1.82) is 0 Å². The molecule has 2 fully saturated rings. The highest BCUT2D eigenvalue weighted by Gasteiger charge is 2.47. The van der Waals surface area contributed by atoms with Gasteiger partial charge in [0.1, 0.15) is 11.8 Å². The Balaban J connectivity index is 1.06. The van der Waals surface area contributed by atoms with Crippen LogP contribution in [0.5, 0.6) is 5.75 Å². The summed E-state index contributed by atoms with van der Waals surface area (Å²) in [6.07, 6.45) is 4.41. The molecule has 9 nitrogen and oxygen atoms in total. The Bertz CT molecular complexity index is 1500. The second-order valence-corrected chi connectivity index (χ2v) is 11.3. The third-order valence-electron chi connectivity index (χ3n) is 8.99. The Labute approximate surface area is 226 Å². The zero-order chi connectivity index (χ0) is 26.7. The van der Waals surface area contributed by atoms with E-state index in [0.29, 0.717) is 25.1 Å². The third-order valence-corrected chi connectivity index (χ3v) is 8.99. The van der Waals surface area contributed by atoms with Crippen molar-refractivity contribution >= 4 is 17.7 Å².